The summed E-state index contributed by atoms with van der Waals surface area (Å²) in [5, 5.41) is 1.20. The van der Waals surface area contributed by atoms with Crippen LogP contribution in [0.5, 0.6) is 0 Å². The first-order chi connectivity index (χ1) is 5.70. The van der Waals surface area contributed by atoms with Gasteiger partial charge in [-0.25, -0.2) is 4.39 Å². The largest absolute Gasteiger partial charge is 0.207 e. The molecule has 66 valence electrons. The molecule has 0 atom stereocenters. The van der Waals surface area contributed by atoms with Crippen LogP contribution in [0.4, 0.5) is 4.39 Å². The number of alkyl halides is 2. The zero-order valence-corrected chi connectivity index (χ0v) is 10.8. The van der Waals surface area contributed by atoms with Crippen molar-refractivity contribution in [1.82, 2.24) is 0 Å². The van der Waals surface area contributed by atoms with E-state index < -0.39 is 0 Å². The van der Waals surface area contributed by atoms with E-state index in [1.54, 1.807) is 6.07 Å². The van der Waals surface area contributed by atoms with Gasteiger partial charge < -0.3 is 0 Å². The summed E-state index contributed by atoms with van der Waals surface area (Å²) in [6, 6.07) is 3.19. The van der Waals surface area contributed by atoms with Gasteiger partial charge in [0, 0.05) is 20.7 Å². The minimum atomic E-state index is -0.162. The number of hydrogen-bond acceptors (Lipinski definition) is 0. The number of benzene rings is 1. The average molecular weight is 361 g/mol. The van der Waals surface area contributed by atoms with Gasteiger partial charge in [-0.05, 0) is 17.7 Å². The summed E-state index contributed by atoms with van der Waals surface area (Å²) < 4.78 is 14.1. The molecule has 0 saturated carbocycles. The van der Waals surface area contributed by atoms with Gasteiger partial charge in [0.05, 0.1) is 0 Å². The Labute approximate surface area is 95.9 Å². The Bertz CT molecular complexity index is 257. The van der Waals surface area contributed by atoms with Gasteiger partial charge in [-0.15, -0.1) is 0 Å². The fraction of sp³-hybridized carbons (Fsp3) is 0.250. The predicted molar refractivity (Wildman–Crippen MR) is 59.4 cm³/mol. The van der Waals surface area contributed by atoms with Crippen molar-refractivity contribution >= 4 is 47.8 Å². The van der Waals surface area contributed by atoms with Crippen LogP contribution in [-0.2, 0) is 10.7 Å². The van der Waals surface area contributed by atoms with Crippen molar-refractivity contribution in [3.63, 3.8) is 0 Å². The van der Waals surface area contributed by atoms with E-state index in [2.05, 4.69) is 47.8 Å². The summed E-state index contributed by atoms with van der Waals surface area (Å²) in [6.07, 6.45) is 0. The van der Waals surface area contributed by atoms with Gasteiger partial charge in [0.15, 0.2) is 0 Å². The maximum Gasteiger partial charge on any atom is 0.127 e. The van der Waals surface area contributed by atoms with Crippen LogP contribution in [0.2, 0.25) is 0 Å². The zero-order chi connectivity index (χ0) is 9.14. The van der Waals surface area contributed by atoms with E-state index in [-0.39, 0.29) is 5.82 Å². The quantitative estimate of drug-likeness (QED) is 0.687. The summed E-state index contributed by atoms with van der Waals surface area (Å²) in [4.78, 5) is 0. The van der Waals surface area contributed by atoms with E-state index >= 15 is 0 Å². The number of halogens is 4. The van der Waals surface area contributed by atoms with Crippen LogP contribution in [0.3, 0.4) is 0 Å². The smallest absolute Gasteiger partial charge is 0.127 e. The van der Waals surface area contributed by atoms with Crippen LogP contribution in [-0.4, -0.2) is 0 Å². The molecule has 0 unspecified atom stereocenters. The molecule has 0 fully saturated rings. The lowest BCUT2D eigenvalue weighted by Gasteiger charge is -2.07. The molecule has 0 aliphatic carbocycles. The third-order valence-corrected chi connectivity index (χ3v) is 3.45. The van der Waals surface area contributed by atoms with Gasteiger partial charge in [0.25, 0.3) is 0 Å². The van der Waals surface area contributed by atoms with Crippen molar-refractivity contribution in [3.05, 3.63) is 33.5 Å². The second-order valence-electron chi connectivity index (χ2n) is 2.25. The Morgan fingerprint density at radius 1 is 1.08 bits per heavy atom. The molecular formula is C8H6Br3F. The molecular weight excluding hydrogens is 355 g/mol. The van der Waals surface area contributed by atoms with Gasteiger partial charge in [-0.1, -0.05) is 47.8 Å². The second-order valence-corrected chi connectivity index (χ2v) is 4.23. The normalized spacial score (nSPS) is 10.3. The van der Waals surface area contributed by atoms with E-state index in [0.29, 0.717) is 16.2 Å². The molecule has 0 aliphatic heterocycles. The maximum atomic E-state index is 13.1. The Morgan fingerprint density at radius 3 is 2.08 bits per heavy atom. The van der Waals surface area contributed by atoms with Crippen molar-refractivity contribution in [1.29, 1.82) is 0 Å². The van der Waals surface area contributed by atoms with Crippen LogP contribution < -0.4 is 0 Å². The van der Waals surface area contributed by atoms with Gasteiger partial charge in [-0.3, -0.25) is 0 Å². The van der Waals surface area contributed by atoms with Crippen molar-refractivity contribution in [2.75, 3.05) is 0 Å². The molecule has 0 aromatic heterocycles. The van der Waals surface area contributed by atoms with E-state index in [1.165, 1.54) is 6.07 Å². The van der Waals surface area contributed by atoms with Gasteiger partial charge in [0.2, 0.25) is 0 Å². The van der Waals surface area contributed by atoms with E-state index in [1.807, 2.05) is 0 Å². The highest BCUT2D eigenvalue weighted by molar-refractivity contribution is 9.10. The summed E-state index contributed by atoms with van der Waals surface area (Å²) in [5.41, 5.74) is 1.67. The maximum absolute atomic E-state index is 13.1. The highest BCUT2D eigenvalue weighted by Gasteiger charge is 2.09. The molecule has 0 heterocycles. The molecule has 1 aromatic rings. The minimum Gasteiger partial charge on any atom is -0.207 e. The highest BCUT2D eigenvalue weighted by Crippen LogP contribution is 2.26. The monoisotopic (exact) mass is 358 g/mol. The lowest BCUT2D eigenvalue weighted by Crippen LogP contribution is -1.94. The summed E-state index contributed by atoms with van der Waals surface area (Å²) in [6.45, 7) is 0. The molecule has 0 saturated heterocycles. The molecule has 1 rings (SSSR count). The predicted octanol–water partition coefficient (Wildman–Crippen LogP) is 4.38. The standard InChI is InChI=1S/C8H6Br3F/c9-3-5-6(4-10)8(12)2-1-7(5)11/h1-2H,3-4H2. The highest BCUT2D eigenvalue weighted by atomic mass is 79.9. The zero-order valence-electron chi connectivity index (χ0n) is 6.08. The molecule has 0 N–H and O–H groups in total. The van der Waals surface area contributed by atoms with E-state index in [4.69, 9.17) is 0 Å². The fourth-order valence-electron chi connectivity index (χ4n) is 0.925. The van der Waals surface area contributed by atoms with Gasteiger partial charge in [-0.2, -0.15) is 0 Å². The van der Waals surface area contributed by atoms with Crippen LogP contribution in [0.25, 0.3) is 0 Å². The minimum absolute atomic E-state index is 0.162. The van der Waals surface area contributed by atoms with E-state index in [9.17, 15) is 4.39 Å². The van der Waals surface area contributed by atoms with Gasteiger partial charge in [0.1, 0.15) is 5.82 Å². The lowest BCUT2D eigenvalue weighted by atomic mass is 10.1. The molecule has 0 amide bonds. The van der Waals surface area contributed by atoms with Crippen molar-refractivity contribution in [2.45, 2.75) is 10.7 Å². The Morgan fingerprint density at radius 2 is 1.67 bits per heavy atom. The molecule has 0 radical (unpaired) electrons. The Hall–Kier alpha value is 0.590. The molecule has 0 nitrogen and oxygen atoms in total. The Kier molecular flexibility index (Phi) is 4.20. The number of hydrogen-bond donors (Lipinski definition) is 0. The molecule has 4 heteroatoms. The van der Waals surface area contributed by atoms with Crippen molar-refractivity contribution in [2.24, 2.45) is 0 Å². The summed E-state index contributed by atoms with van der Waals surface area (Å²) >= 11 is 9.93. The van der Waals surface area contributed by atoms with Crippen LogP contribution >= 0.6 is 47.8 Å². The lowest BCUT2D eigenvalue weighted by molar-refractivity contribution is 0.615. The third kappa shape index (κ3) is 2.09. The summed E-state index contributed by atoms with van der Waals surface area (Å²) in [5.74, 6) is -0.162. The van der Waals surface area contributed by atoms with Crippen molar-refractivity contribution < 1.29 is 4.39 Å². The number of rotatable bonds is 2. The van der Waals surface area contributed by atoms with E-state index in [0.717, 1.165) is 10.0 Å². The van der Waals surface area contributed by atoms with Crippen LogP contribution in [0.15, 0.2) is 16.6 Å². The molecule has 1 aromatic carbocycles. The Balaban J connectivity index is 3.28. The summed E-state index contributed by atoms with van der Waals surface area (Å²) in [7, 11) is 0. The van der Waals surface area contributed by atoms with Crippen LogP contribution in [0, 0.1) is 5.82 Å². The first-order valence-corrected chi connectivity index (χ1v) is 6.32. The third-order valence-electron chi connectivity index (χ3n) is 1.58. The SMILES string of the molecule is Fc1ccc(Br)c(CBr)c1CBr. The first kappa shape index (κ1) is 10.7. The average Bonchev–Trinajstić information content (AvgIpc) is 2.08. The fourth-order valence-corrected chi connectivity index (χ4v) is 3.06. The molecule has 12 heavy (non-hydrogen) atoms. The molecule has 0 aliphatic rings. The van der Waals surface area contributed by atoms with Gasteiger partial charge >= 0.3 is 0 Å². The van der Waals surface area contributed by atoms with Crippen molar-refractivity contribution in [3.8, 4) is 0 Å². The topological polar surface area (TPSA) is 0 Å². The first-order valence-electron chi connectivity index (χ1n) is 3.28. The molecule has 0 bridgehead atoms. The second kappa shape index (κ2) is 4.72. The molecule has 0 spiro atoms. The van der Waals surface area contributed by atoms with Crippen LogP contribution in [0.1, 0.15) is 11.1 Å².